The van der Waals surface area contributed by atoms with Crippen molar-refractivity contribution in [2.75, 3.05) is 18.8 Å². The number of benzene rings is 1. The second-order valence-electron chi connectivity index (χ2n) is 8.91. The molecule has 0 aromatic heterocycles. The molecule has 3 amide bonds. The smallest absolute Gasteiger partial charge is 0.327 e. The summed E-state index contributed by atoms with van der Waals surface area (Å²) in [4.78, 5) is 54.2. The Hall–Kier alpha value is -3.56. The summed E-state index contributed by atoms with van der Waals surface area (Å²) < 4.78 is 0. The lowest BCUT2D eigenvalue weighted by Gasteiger charge is -2.25. The number of aliphatic carboxylic acids is 1. The van der Waals surface area contributed by atoms with Crippen molar-refractivity contribution in [1.82, 2.24) is 16.0 Å². The van der Waals surface area contributed by atoms with Crippen LogP contribution in [0.3, 0.4) is 0 Å². The number of hydrogen-bond donors (Lipinski definition) is 10. The molecule has 0 saturated heterocycles. The minimum Gasteiger partial charge on any atom is -0.508 e. The zero-order valence-corrected chi connectivity index (χ0v) is 22.6. The van der Waals surface area contributed by atoms with E-state index in [4.69, 9.17) is 22.9 Å². The van der Waals surface area contributed by atoms with Gasteiger partial charge in [0.1, 0.15) is 23.9 Å². The fourth-order valence-electron chi connectivity index (χ4n) is 3.52. The lowest BCUT2D eigenvalue weighted by molar-refractivity contribution is -0.141. The molecule has 13 N–H and O–H groups in total. The molecule has 0 fully saturated rings. The third-order valence-electron chi connectivity index (χ3n) is 5.68. The maximum atomic E-state index is 13.2. The number of aliphatic imine (C=N–C) groups is 1. The number of amides is 3. The first-order chi connectivity index (χ1) is 18.5. The minimum absolute atomic E-state index is 0.0726. The molecule has 0 aliphatic heterocycles. The highest BCUT2D eigenvalue weighted by molar-refractivity contribution is 7.80. The van der Waals surface area contributed by atoms with Crippen molar-refractivity contribution in [2.24, 2.45) is 27.9 Å². The van der Waals surface area contributed by atoms with Gasteiger partial charge in [0.25, 0.3) is 0 Å². The number of unbranched alkanes of at least 4 members (excludes halogenated alkanes) is 1. The molecule has 1 aromatic carbocycles. The average Bonchev–Trinajstić information content (AvgIpc) is 2.88. The van der Waals surface area contributed by atoms with Gasteiger partial charge in [-0.3, -0.25) is 19.4 Å². The first kappa shape index (κ1) is 33.5. The van der Waals surface area contributed by atoms with E-state index in [2.05, 4.69) is 33.6 Å². The van der Waals surface area contributed by atoms with Crippen molar-refractivity contribution < 1.29 is 29.4 Å². The number of aromatic hydroxyl groups is 1. The fraction of sp³-hybridized carbons (Fsp3) is 0.542. The van der Waals surface area contributed by atoms with Crippen molar-refractivity contribution in [3.8, 4) is 5.75 Å². The standard InChI is InChI=1S/C24H40N8O6S/c25-10-2-1-4-17(22(36)32-19(13-39)23(37)38)31-21(35)18(5-3-11-29-24(27)28)30-20(34)16(26)12-14-6-8-15(33)9-7-14/h6-9,16-19,33,39H,1-5,10-13,25-26H2,(H,30,34)(H,31,35)(H,32,36)(H,37,38)(H4,27,28,29). The molecule has 0 aliphatic rings. The van der Waals surface area contributed by atoms with Crippen LogP contribution in [0.4, 0.5) is 0 Å². The van der Waals surface area contributed by atoms with Gasteiger partial charge in [-0.1, -0.05) is 12.1 Å². The van der Waals surface area contributed by atoms with Gasteiger partial charge in [-0.25, -0.2) is 4.79 Å². The summed E-state index contributed by atoms with van der Waals surface area (Å²) in [5, 5.41) is 26.3. The number of carbonyl (C=O) groups is 4. The summed E-state index contributed by atoms with van der Waals surface area (Å²) in [5.74, 6) is -3.42. The van der Waals surface area contributed by atoms with Crippen LogP contribution in [0.1, 0.15) is 37.7 Å². The summed E-state index contributed by atoms with van der Waals surface area (Å²) in [7, 11) is 0. The normalized spacial score (nSPS) is 13.8. The van der Waals surface area contributed by atoms with Crippen LogP contribution in [0.15, 0.2) is 29.3 Å². The number of carboxylic acid groups (broad SMARTS) is 1. The second kappa shape index (κ2) is 17.9. The zero-order valence-electron chi connectivity index (χ0n) is 21.7. The third-order valence-corrected chi connectivity index (χ3v) is 6.05. The highest BCUT2D eigenvalue weighted by atomic mass is 32.1. The number of guanidine groups is 1. The highest BCUT2D eigenvalue weighted by Crippen LogP contribution is 2.11. The molecule has 0 heterocycles. The Morgan fingerprint density at radius 1 is 0.872 bits per heavy atom. The van der Waals surface area contributed by atoms with Crippen LogP contribution < -0.4 is 38.9 Å². The predicted octanol–water partition coefficient (Wildman–Crippen LogP) is -2.09. The van der Waals surface area contributed by atoms with Crippen molar-refractivity contribution in [3.63, 3.8) is 0 Å². The van der Waals surface area contributed by atoms with Crippen molar-refractivity contribution in [3.05, 3.63) is 29.8 Å². The van der Waals surface area contributed by atoms with E-state index >= 15 is 0 Å². The fourth-order valence-corrected chi connectivity index (χ4v) is 3.77. The van der Waals surface area contributed by atoms with Gasteiger partial charge in [0.15, 0.2) is 5.96 Å². The van der Waals surface area contributed by atoms with Gasteiger partial charge in [0, 0.05) is 12.3 Å². The molecule has 0 aliphatic carbocycles. The summed E-state index contributed by atoms with van der Waals surface area (Å²) >= 11 is 3.95. The van der Waals surface area contributed by atoms with Crippen LogP contribution in [0, 0.1) is 0 Å². The quantitative estimate of drug-likeness (QED) is 0.0399. The van der Waals surface area contributed by atoms with E-state index in [0.717, 1.165) is 0 Å². The summed E-state index contributed by atoms with van der Waals surface area (Å²) in [5.41, 5.74) is 23.0. The molecule has 14 nitrogen and oxygen atoms in total. The Balaban J connectivity index is 3.01. The molecular formula is C24H40N8O6S. The van der Waals surface area contributed by atoms with E-state index < -0.39 is 47.9 Å². The molecule has 39 heavy (non-hydrogen) atoms. The van der Waals surface area contributed by atoms with E-state index in [1.165, 1.54) is 12.1 Å². The van der Waals surface area contributed by atoms with Crippen LogP contribution in [-0.4, -0.2) is 82.9 Å². The Morgan fingerprint density at radius 3 is 1.92 bits per heavy atom. The van der Waals surface area contributed by atoms with Gasteiger partial charge in [-0.2, -0.15) is 12.6 Å². The summed E-state index contributed by atoms with van der Waals surface area (Å²) in [6, 6.07) is 1.79. The number of carbonyl (C=O) groups excluding carboxylic acids is 3. The molecule has 4 unspecified atom stereocenters. The van der Waals surface area contributed by atoms with Gasteiger partial charge < -0.3 is 49.1 Å². The number of hydrogen-bond acceptors (Lipinski definition) is 9. The summed E-state index contributed by atoms with van der Waals surface area (Å²) in [6.07, 6.45) is 1.88. The van der Waals surface area contributed by atoms with Crippen LogP contribution in [0.2, 0.25) is 0 Å². The average molecular weight is 569 g/mol. The molecule has 4 atom stereocenters. The number of carboxylic acids is 1. The number of thiol groups is 1. The number of nitrogens with one attached hydrogen (secondary N) is 3. The van der Waals surface area contributed by atoms with Crippen LogP contribution in [0.25, 0.3) is 0 Å². The van der Waals surface area contributed by atoms with E-state index in [-0.39, 0.29) is 43.3 Å². The number of nitrogens with zero attached hydrogens (tertiary/aromatic N) is 1. The Bertz CT molecular complexity index is 974. The molecule has 0 bridgehead atoms. The van der Waals surface area contributed by atoms with Gasteiger partial charge in [-0.05, 0) is 62.8 Å². The molecule has 218 valence electrons. The van der Waals surface area contributed by atoms with E-state index in [1.54, 1.807) is 12.1 Å². The number of phenolic OH excluding ortho intramolecular Hbond substituents is 1. The highest BCUT2D eigenvalue weighted by Gasteiger charge is 2.29. The minimum atomic E-state index is -1.27. The van der Waals surface area contributed by atoms with Gasteiger partial charge in [0.05, 0.1) is 6.04 Å². The molecule has 0 radical (unpaired) electrons. The number of phenols is 1. The van der Waals surface area contributed by atoms with Crippen molar-refractivity contribution in [2.45, 2.75) is 62.7 Å². The van der Waals surface area contributed by atoms with E-state index in [0.29, 0.717) is 31.4 Å². The Kier molecular flexibility index (Phi) is 15.3. The number of nitrogens with two attached hydrogens (primary N) is 4. The molecule has 0 saturated carbocycles. The molecule has 1 rings (SSSR count). The van der Waals surface area contributed by atoms with Crippen LogP contribution >= 0.6 is 12.6 Å². The second-order valence-corrected chi connectivity index (χ2v) is 9.28. The molecular weight excluding hydrogens is 528 g/mol. The van der Waals surface area contributed by atoms with Gasteiger partial charge >= 0.3 is 5.97 Å². The maximum absolute atomic E-state index is 13.2. The van der Waals surface area contributed by atoms with Crippen molar-refractivity contribution in [1.29, 1.82) is 0 Å². The van der Waals surface area contributed by atoms with Gasteiger partial charge in [0.2, 0.25) is 17.7 Å². The first-order valence-electron chi connectivity index (χ1n) is 12.5. The zero-order chi connectivity index (χ0) is 29.4. The topological polar surface area (TPSA) is 261 Å². The van der Waals surface area contributed by atoms with E-state index in [1.807, 2.05) is 0 Å². The first-order valence-corrected chi connectivity index (χ1v) is 13.1. The SMILES string of the molecule is NCCCCC(NC(=O)C(CCCN=C(N)N)NC(=O)C(N)Cc1ccc(O)cc1)C(=O)NC(CS)C(=O)O. The Labute approximate surface area is 232 Å². The lowest BCUT2D eigenvalue weighted by Crippen LogP contribution is -2.57. The van der Waals surface area contributed by atoms with E-state index in [9.17, 15) is 29.4 Å². The van der Waals surface area contributed by atoms with Gasteiger partial charge in [-0.15, -0.1) is 0 Å². The predicted molar refractivity (Wildman–Crippen MR) is 150 cm³/mol. The third kappa shape index (κ3) is 13.2. The van der Waals surface area contributed by atoms with Crippen LogP contribution in [0.5, 0.6) is 5.75 Å². The van der Waals surface area contributed by atoms with Crippen molar-refractivity contribution >= 4 is 42.3 Å². The molecule has 0 spiro atoms. The largest absolute Gasteiger partial charge is 0.508 e. The monoisotopic (exact) mass is 568 g/mol. The van der Waals surface area contributed by atoms with Crippen LogP contribution in [-0.2, 0) is 25.6 Å². The molecule has 15 heteroatoms. The lowest BCUT2D eigenvalue weighted by atomic mass is 10.0. The summed E-state index contributed by atoms with van der Waals surface area (Å²) in [6.45, 7) is 0.573. The number of rotatable bonds is 18. The maximum Gasteiger partial charge on any atom is 0.327 e. The Morgan fingerprint density at radius 2 is 1.41 bits per heavy atom. The molecule has 1 aromatic rings.